The summed E-state index contributed by atoms with van der Waals surface area (Å²) in [6, 6.07) is 0. The molecule has 8 saturated heterocycles. The molecule has 0 spiro atoms. The van der Waals surface area contributed by atoms with Crippen LogP contribution in [0, 0.1) is 5.41 Å². The second kappa shape index (κ2) is 22.3. The Kier molecular flexibility index (Phi) is 15.8. The number of fused-ring (bicyclic) bond motifs is 4. The predicted molar refractivity (Wildman–Crippen MR) is 260 cm³/mol. The molecule has 32 heteroatoms. The second-order valence-corrected chi connectivity index (χ2v) is 23.5. The molecule has 0 amide bonds. The van der Waals surface area contributed by atoms with Gasteiger partial charge >= 0.3 is 0 Å². The summed E-state index contributed by atoms with van der Waals surface area (Å²) < 4.78 is 104. The molecule has 4 N–H and O–H groups in total. The van der Waals surface area contributed by atoms with E-state index in [4.69, 9.17) is 75.8 Å². The van der Waals surface area contributed by atoms with Gasteiger partial charge in [-0.3, -0.25) is 18.7 Å². The molecule has 0 unspecified atom stereocenters. The topological polar surface area (TPSA) is 351 Å². The predicted octanol–water partition coefficient (Wildman–Crippen LogP) is -1.84. The fourth-order valence-corrected chi connectivity index (χ4v) is 12.0. The van der Waals surface area contributed by atoms with Crippen molar-refractivity contribution in [2.24, 2.45) is 5.41 Å². The van der Waals surface area contributed by atoms with E-state index in [1.807, 2.05) is 0 Å². The lowest BCUT2D eigenvalue weighted by Gasteiger charge is -2.33. The second-order valence-electron chi connectivity index (χ2n) is 23.5. The third-order valence-electron chi connectivity index (χ3n) is 15.1. The highest BCUT2D eigenvalue weighted by molar-refractivity contribution is 5.02. The first kappa shape index (κ1) is 57.2. The third kappa shape index (κ3) is 12.2. The highest BCUT2D eigenvalue weighted by atomic mass is 16.8. The van der Waals surface area contributed by atoms with E-state index in [1.54, 1.807) is 98.9 Å². The summed E-state index contributed by atoms with van der Waals surface area (Å²) in [5, 5.41) is 76.5. The molecule has 8 fully saturated rings. The van der Waals surface area contributed by atoms with Crippen molar-refractivity contribution < 1.29 is 96.2 Å². The van der Waals surface area contributed by atoms with Gasteiger partial charge in [0.1, 0.15) is 96.0 Å². The van der Waals surface area contributed by atoms with Gasteiger partial charge in [0.25, 0.3) is 0 Å². The Bertz CT molecular complexity index is 2410. The Morgan fingerprint density at radius 1 is 0.370 bits per heavy atom. The molecular formula is C49H72N12O20. The van der Waals surface area contributed by atoms with Crippen LogP contribution in [0.15, 0.2) is 24.8 Å². The van der Waals surface area contributed by atoms with E-state index in [0.717, 1.165) is 0 Å². The average molecular weight is 1150 g/mol. The minimum atomic E-state index is -0.990. The number of nitrogens with zero attached hydrogens (tertiary/aromatic N) is 12. The van der Waals surface area contributed by atoms with E-state index < -0.39 is 127 Å². The van der Waals surface area contributed by atoms with Crippen LogP contribution in [0.1, 0.15) is 78.2 Å². The van der Waals surface area contributed by atoms with Gasteiger partial charge in [0.15, 0.2) is 48.3 Å². The number of aromatic nitrogens is 12. The van der Waals surface area contributed by atoms with Gasteiger partial charge in [-0.05, 0) is 55.4 Å². The summed E-state index contributed by atoms with van der Waals surface area (Å²) in [4.78, 5) is 0. The molecular weight excluding hydrogens is 1080 g/mol. The van der Waals surface area contributed by atoms with Crippen LogP contribution >= 0.6 is 0 Å². The quantitative estimate of drug-likeness (QED) is 0.0599. The van der Waals surface area contributed by atoms with Crippen molar-refractivity contribution in [3.63, 3.8) is 0 Å². The van der Waals surface area contributed by atoms with Gasteiger partial charge < -0.3 is 96.2 Å². The Labute approximate surface area is 464 Å². The fourth-order valence-electron chi connectivity index (χ4n) is 12.0. The minimum absolute atomic E-state index is 0.0196. The first-order chi connectivity index (χ1) is 38.7. The first-order valence-corrected chi connectivity index (χ1v) is 27.2. The van der Waals surface area contributed by atoms with E-state index >= 15 is 0 Å². The molecule has 32 nitrogen and oxygen atoms in total. The van der Waals surface area contributed by atoms with Crippen molar-refractivity contribution in [2.45, 2.75) is 230 Å². The molecule has 81 heavy (non-hydrogen) atoms. The van der Waals surface area contributed by atoms with Gasteiger partial charge in [-0.15, -0.1) is 20.4 Å². The van der Waals surface area contributed by atoms with Gasteiger partial charge in [-0.1, -0.05) is 20.9 Å². The summed E-state index contributed by atoms with van der Waals surface area (Å²) in [5.74, 6) is -3.58. The maximum atomic E-state index is 10.1. The van der Waals surface area contributed by atoms with Crippen LogP contribution in [0.5, 0.6) is 0 Å². The van der Waals surface area contributed by atoms with E-state index in [9.17, 15) is 20.4 Å². The van der Waals surface area contributed by atoms with Crippen LogP contribution in [-0.2, 0) is 128 Å². The molecule has 0 aromatic carbocycles. The molecule has 0 aliphatic carbocycles. The lowest BCUT2D eigenvalue weighted by molar-refractivity contribution is -0.239. The summed E-state index contributed by atoms with van der Waals surface area (Å²) in [6.45, 7) is 13.8. The van der Waals surface area contributed by atoms with Crippen molar-refractivity contribution in [3.8, 4) is 0 Å². The SMILES string of the molecule is CC1(C)O[C@H]2[C@H](OCc3cn(CC(Cn4cc(CO[C@@H]5O[C@H](CO)[C@H]6OC(C)(C)O[C@@H]56)nn4)(Cn4cc(CO[C@@H]5O[C@H](CO)[C@H]6OC(C)(C)O[C@@H]56)nn4)Cn4cc(CO[C@@H]5O[C@H](CO)[C@H]6OC(C)(C)O[C@@H]56)nn4)nn3)O[C@H](CO)[C@H]2O1. The molecule has 4 aromatic rings. The fraction of sp³-hybridized carbons (Fsp3) is 0.837. The zero-order valence-electron chi connectivity index (χ0n) is 46.2. The van der Waals surface area contributed by atoms with Crippen molar-refractivity contribution in [2.75, 3.05) is 26.4 Å². The number of ether oxygens (including phenoxy) is 16. The van der Waals surface area contributed by atoms with E-state index in [0.29, 0.717) is 22.8 Å². The van der Waals surface area contributed by atoms with Crippen molar-refractivity contribution in [3.05, 3.63) is 47.6 Å². The smallest absolute Gasteiger partial charge is 0.187 e. The summed E-state index contributed by atoms with van der Waals surface area (Å²) >= 11 is 0. The standard InChI is InChI=1S/C49H72N12O20/c1-45(2)74-33-29(13-62)70-41(37(33)78-45)66-17-25-9-58(54-50-25)21-49(22-59-10-26(51-55-59)18-67-42-38-34(30(14-63)71-42)75-46(3,4)79-38,23-60-11-27(52-56-60)19-68-43-39-35(31(15-64)72-43)76-47(5,6)80-39)24-61-12-28(53-57-61)20-69-44-40-36(32(16-65)73-44)77-48(7,8)81-40/h9-12,29-44,62-65H,13-24H2,1-8H3/t29-,30-,31-,32-,33-,34-,35-,36-,37-,38-,39-,40-,41-,42-,43-,44-/m1/s1. The number of rotatable bonds is 24. The summed E-state index contributed by atoms with van der Waals surface area (Å²) in [5.41, 5.74) is 0.880. The zero-order chi connectivity index (χ0) is 56.6. The molecule has 12 heterocycles. The van der Waals surface area contributed by atoms with Gasteiger partial charge in [-0.2, -0.15) is 0 Å². The Balaban J connectivity index is 0.812. The van der Waals surface area contributed by atoms with E-state index in [1.165, 1.54) is 0 Å². The Morgan fingerprint density at radius 3 is 0.790 bits per heavy atom. The Hall–Kier alpha value is -4.24. The molecule has 0 saturated carbocycles. The van der Waals surface area contributed by atoms with Gasteiger partial charge in [-0.25, -0.2) is 0 Å². The lowest BCUT2D eigenvalue weighted by Crippen LogP contribution is -2.41. The summed E-state index contributed by atoms with van der Waals surface area (Å²) in [6.07, 6.45) is -3.40. The van der Waals surface area contributed by atoms with Crippen LogP contribution in [0.2, 0.25) is 0 Å². The largest absolute Gasteiger partial charge is 0.394 e. The highest BCUT2D eigenvalue weighted by Gasteiger charge is 2.59. The molecule has 8 aliphatic heterocycles. The summed E-state index contributed by atoms with van der Waals surface area (Å²) in [7, 11) is 0. The molecule has 8 aliphatic rings. The normalized spacial score (nSPS) is 36.0. The number of aliphatic hydroxyl groups is 4. The highest BCUT2D eigenvalue weighted by Crippen LogP contribution is 2.43. The van der Waals surface area contributed by atoms with Crippen LogP contribution < -0.4 is 0 Å². The van der Waals surface area contributed by atoms with Gasteiger partial charge in [0, 0.05) is 5.41 Å². The molecule has 0 bridgehead atoms. The van der Waals surface area contributed by atoms with Gasteiger partial charge in [0.2, 0.25) is 0 Å². The number of hydrogen-bond donors (Lipinski definition) is 4. The van der Waals surface area contributed by atoms with Crippen molar-refractivity contribution in [1.82, 2.24) is 60.0 Å². The van der Waals surface area contributed by atoms with Crippen LogP contribution in [-0.4, -0.2) is 228 Å². The van der Waals surface area contributed by atoms with Gasteiger partial charge in [0.05, 0.1) is 104 Å². The van der Waals surface area contributed by atoms with E-state index in [2.05, 4.69) is 41.2 Å². The molecule has 16 atom stereocenters. The van der Waals surface area contributed by atoms with Crippen LogP contribution in [0.25, 0.3) is 0 Å². The molecule has 12 rings (SSSR count). The average Bonchev–Trinajstić information content (AvgIpc) is 4.45. The van der Waals surface area contributed by atoms with Crippen molar-refractivity contribution in [1.29, 1.82) is 0 Å². The van der Waals surface area contributed by atoms with E-state index in [-0.39, 0.29) is 79.0 Å². The van der Waals surface area contributed by atoms with Crippen molar-refractivity contribution >= 4 is 0 Å². The molecule has 448 valence electrons. The van der Waals surface area contributed by atoms with Crippen LogP contribution in [0.4, 0.5) is 0 Å². The maximum Gasteiger partial charge on any atom is 0.187 e. The lowest BCUT2D eigenvalue weighted by atomic mass is 9.87. The molecule has 0 radical (unpaired) electrons. The maximum absolute atomic E-state index is 10.1. The first-order valence-electron chi connectivity index (χ1n) is 27.2. The third-order valence-corrected chi connectivity index (χ3v) is 15.1. The monoisotopic (exact) mass is 1150 g/mol. The molecule has 4 aromatic heterocycles. The number of hydrogen-bond acceptors (Lipinski definition) is 28. The Morgan fingerprint density at radius 2 is 0.580 bits per heavy atom. The minimum Gasteiger partial charge on any atom is -0.394 e. The zero-order valence-corrected chi connectivity index (χ0v) is 46.2. The van der Waals surface area contributed by atoms with Crippen LogP contribution in [0.3, 0.4) is 0 Å². The number of aliphatic hydroxyl groups excluding tert-OH is 4.